The highest BCUT2D eigenvalue weighted by molar-refractivity contribution is 9.13. The van der Waals surface area contributed by atoms with Crippen molar-refractivity contribution in [3.63, 3.8) is 0 Å². The second-order valence-electron chi connectivity index (χ2n) is 3.29. The molecule has 0 unspecified atom stereocenters. The van der Waals surface area contributed by atoms with Gasteiger partial charge in [0.15, 0.2) is 0 Å². The monoisotopic (exact) mass is 303 g/mol. The zero-order valence-electron chi connectivity index (χ0n) is 7.26. The molecule has 0 saturated carbocycles. The van der Waals surface area contributed by atoms with E-state index in [2.05, 4.69) is 55.0 Å². The van der Waals surface area contributed by atoms with Crippen LogP contribution in [0.15, 0.2) is 27.1 Å². The van der Waals surface area contributed by atoms with Gasteiger partial charge < -0.3 is 4.90 Å². The van der Waals surface area contributed by atoms with Crippen LogP contribution >= 0.6 is 31.9 Å². The van der Waals surface area contributed by atoms with Crippen LogP contribution in [0.1, 0.15) is 12.8 Å². The molecule has 0 N–H and O–H groups in total. The molecule has 0 aromatic heterocycles. The normalized spacial score (nSPS) is 16.6. The molecule has 70 valence electrons. The first-order valence-corrected chi connectivity index (χ1v) is 6.06. The van der Waals surface area contributed by atoms with Crippen molar-refractivity contribution in [3.8, 4) is 0 Å². The van der Waals surface area contributed by atoms with Crippen molar-refractivity contribution >= 4 is 37.5 Å². The molecule has 1 aliphatic heterocycles. The van der Waals surface area contributed by atoms with E-state index in [9.17, 15) is 0 Å². The number of anilines is 1. The van der Waals surface area contributed by atoms with Gasteiger partial charge in [-0.15, -0.1) is 0 Å². The first kappa shape index (κ1) is 9.53. The fraction of sp³-hybridized carbons (Fsp3) is 0.400. The minimum absolute atomic E-state index is 1.12. The van der Waals surface area contributed by atoms with Crippen molar-refractivity contribution in [2.24, 2.45) is 0 Å². The van der Waals surface area contributed by atoms with Gasteiger partial charge in [-0.1, -0.05) is 0 Å². The quantitative estimate of drug-likeness (QED) is 0.762. The van der Waals surface area contributed by atoms with Gasteiger partial charge in [-0.2, -0.15) is 0 Å². The summed E-state index contributed by atoms with van der Waals surface area (Å²) in [6, 6.07) is 6.44. The van der Waals surface area contributed by atoms with E-state index in [0.717, 1.165) is 8.95 Å². The molecule has 1 aromatic carbocycles. The lowest BCUT2D eigenvalue weighted by Gasteiger charge is -2.17. The summed E-state index contributed by atoms with van der Waals surface area (Å²) < 4.78 is 2.26. The van der Waals surface area contributed by atoms with Crippen molar-refractivity contribution in [2.75, 3.05) is 18.0 Å². The highest BCUT2D eigenvalue weighted by Crippen LogP contribution is 2.29. The summed E-state index contributed by atoms with van der Waals surface area (Å²) in [5.74, 6) is 0. The first-order chi connectivity index (χ1) is 6.27. The summed E-state index contributed by atoms with van der Waals surface area (Å²) in [6.07, 6.45) is 2.65. The maximum atomic E-state index is 3.52. The highest BCUT2D eigenvalue weighted by Gasteiger charge is 2.12. The number of hydrogen-bond acceptors (Lipinski definition) is 1. The molecule has 3 heteroatoms. The van der Waals surface area contributed by atoms with Crippen LogP contribution < -0.4 is 4.90 Å². The van der Waals surface area contributed by atoms with Gasteiger partial charge >= 0.3 is 0 Å². The molecule has 0 radical (unpaired) electrons. The molecular formula is C10H11Br2N. The summed E-state index contributed by atoms with van der Waals surface area (Å²) in [5.41, 5.74) is 1.33. The van der Waals surface area contributed by atoms with Gasteiger partial charge in [0.1, 0.15) is 0 Å². The second kappa shape index (κ2) is 4.01. The summed E-state index contributed by atoms with van der Waals surface area (Å²) in [6.45, 7) is 2.40. The summed E-state index contributed by atoms with van der Waals surface area (Å²) in [4.78, 5) is 2.43. The standard InChI is InChI=1S/C10H11Br2N/c11-9-4-3-8(7-10(9)12)13-5-1-2-6-13/h3-4,7H,1-2,5-6H2. The van der Waals surface area contributed by atoms with E-state index < -0.39 is 0 Å². The van der Waals surface area contributed by atoms with Crippen LogP contribution in [0.2, 0.25) is 0 Å². The SMILES string of the molecule is Brc1ccc(N2CCCC2)cc1Br. The smallest absolute Gasteiger partial charge is 0.0378 e. The van der Waals surface area contributed by atoms with Crippen LogP contribution in [0.5, 0.6) is 0 Å². The van der Waals surface area contributed by atoms with Crippen LogP contribution in [-0.2, 0) is 0 Å². The predicted molar refractivity (Wildman–Crippen MR) is 63.3 cm³/mol. The average Bonchev–Trinajstić information content (AvgIpc) is 2.62. The zero-order chi connectivity index (χ0) is 9.26. The van der Waals surface area contributed by atoms with Crippen LogP contribution in [-0.4, -0.2) is 13.1 Å². The molecule has 0 aliphatic carbocycles. The van der Waals surface area contributed by atoms with Gasteiger partial charge in [-0.3, -0.25) is 0 Å². The predicted octanol–water partition coefficient (Wildman–Crippen LogP) is 3.81. The minimum Gasteiger partial charge on any atom is -0.372 e. The van der Waals surface area contributed by atoms with Gasteiger partial charge in [0.2, 0.25) is 0 Å². The van der Waals surface area contributed by atoms with Crippen molar-refractivity contribution in [1.82, 2.24) is 0 Å². The average molecular weight is 305 g/mol. The minimum atomic E-state index is 1.12. The Morgan fingerprint density at radius 1 is 1.00 bits per heavy atom. The van der Waals surface area contributed by atoms with E-state index in [0.29, 0.717) is 0 Å². The molecule has 13 heavy (non-hydrogen) atoms. The molecule has 1 nitrogen and oxygen atoms in total. The Morgan fingerprint density at radius 2 is 1.69 bits per heavy atom. The zero-order valence-corrected chi connectivity index (χ0v) is 10.4. The topological polar surface area (TPSA) is 3.24 Å². The Bertz CT molecular complexity index is 306. The lowest BCUT2D eigenvalue weighted by molar-refractivity contribution is 0.949. The molecule has 1 saturated heterocycles. The summed E-state index contributed by atoms with van der Waals surface area (Å²) in [5, 5.41) is 0. The van der Waals surface area contributed by atoms with E-state index >= 15 is 0 Å². The summed E-state index contributed by atoms with van der Waals surface area (Å²) in [7, 11) is 0. The maximum absolute atomic E-state index is 3.52. The van der Waals surface area contributed by atoms with E-state index in [1.54, 1.807) is 0 Å². The van der Waals surface area contributed by atoms with Crippen molar-refractivity contribution in [1.29, 1.82) is 0 Å². The Kier molecular flexibility index (Phi) is 2.94. The third-order valence-electron chi connectivity index (χ3n) is 2.37. The molecule has 1 fully saturated rings. The van der Waals surface area contributed by atoms with Crippen molar-refractivity contribution in [2.45, 2.75) is 12.8 Å². The van der Waals surface area contributed by atoms with Crippen LogP contribution in [0, 0.1) is 0 Å². The van der Waals surface area contributed by atoms with E-state index in [1.807, 2.05) is 0 Å². The summed E-state index contributed by atoms with van der Waals surface area (Å²) >= 11 is 6.99. The largest absolute Gasteiger partial charge is 0.372 e. The molecule has 1 heterocycles. The maximum Gasteiger partial charge on any atom is 0.0378 e. The van der Waals surface area contributed by atoms with E-state index in [-0.39, 0.29) is 0 Å². The van der Waals surface area contributed by atoms with Crippen LogP contribution in [0.3, 0.4) is 0 Å². The van der Waals surface area contributed by atoms with Gasteiger partial charge in [-0.05, 0) is 62.9 Å². The number of benzene rings is 1. The molecule has 2 rings (SSSR count). The van der Waals surface area contributed by atoms with Crippen molar-refractivity contribution < 1.29 is 0 Å². The van der Waals surface area contributed by atoms with E-state index in [4.69, 9.17) is 0 Å². The molecule has 1 aromatic rings. The van der Waals surface area contributed by atoms with Gasteiger partial charge in [-0.25, -0.2) is 0 Å². The fourth-order valence-electron chi connectivity index (χ4n) is 1.66. The molecule has 0 spiro atoms. The molecule has 0 amide bonds. The fourth-order valence-corrected chi connectivity index (χ4v) is 2.27. The lowest BCUT2D eigenvalue weighted by Crippen LogP contribution is -2.17. The third kappa shape index (κ3) is 2.08. The number of hydrogen-bond donors (Lipinski definition) is 0. The number of rotatable bonds is 1. The Morgan fingerprint density at radius 3 is 2.31 bits per heavy atom. The Hall–Kier alpha value is -0.0200. The number of nitrogens with zero attached hydrogens (tertiary/aromatic N) is 1. The number of halogens is 2. The van der Waals surface area contributed by atoms with Crippen LogP contribution in [0.25, 0.3) is 0 Å². The highest BCUT2D eigenvalue weighted by atomic mass is 79.9. The first-order valence-electron chi connectivity index (χ1n) is 4.47. The lowest BCUT2D eigenvalue weighted by atomic mass is 10.3. The molecule has 1 aliphatic rings. The van der Waals surface area contributed by atoms with Crippen LogP contribution in [0.4, 0.5) is 5.69 Å². The Balaban J connectivity index is 2.25. The molecular weight excluding hydrogens is 294 g/mol. The van der Waals surface area contributed by atoms with E-state index in [1.165, 1.54) is 31.6 Å². The second-order valence-corrected chi connectivity index (χ2v) is 5.00. The third-order valence-corrected chi connectivity index (χ3v) is 4.25. The molecule has 0 atom stereocenters. The Labute approximate surface area is 95.4 Å². The van der Waals surface area contributed by atoms with Gasteiger partial charge in [0, 0.05) is 27.7 Å². The van der Waals surface area contributed by atoms with Crippen molar-refractivity contribution in [3.05, 3.63) is 27.1 Å². The van der Waals surface area contributed by atoms with Gasteiger partial charge in [0.05, 0.1) is 0 Å². The van der Waals surface area contributed by atoms with Gasteiger partial charge in [0.25, 0.3) is 0 Å². The molecule has 0 bridgehead atoms.